The summed E-state index contributed by atoms with van der Waals surface area (Å²) in [5, 5.41) is 2.84. The van der Waals surface area contributed by atoms with Crippen LogP contribution in [0.1, 0.15) is 6.92 Å². The number of H-pyrrole nitrogens is 1. The average molecular weight is 204 g/mol. The standard InChI is InChI=1S/C11H12N2O2/c1-2-15-10-5-3-4-9(8-10)13-11(14)6-7-12-13/h3-8,12H,2H2,1H3. The molecule has 0 aliphatic heterocycles. The number of hydrogen-bond acceptors (Lipinski definition) is 2. The van der Waals surface area contributed by atoms with Crippen LogP contribution in [0.2, 0.25) is 0 Å². The summed E-state index contributed by atoms with van der Waals surface area (Å²) in [6.45, 7) is 2.54. The molecule has 78 valence electrons. The second-order valence-electron chi connectivity index (χ2n) is 3.07. The molecule has 0 amide bonds. The number of nitrogens with one attached hydrogen (secondary N) is 1. The van der Waals surface area contributed by atoms with Gasteiger partial charge in [0.1, 0.15) is 5.75 Å². The summed E-state index contributed by atoms with van der Waals surface area (Å²) in [4.78, 5) is 11.4. The van der Waals surface area contributed by atoms with Crippen LogP contribution in [0, 0.1) is 0 Å². The van der Waals surface area contributed by atoms with Crippen LogP contribution >= 0.6 is 0 Å². The lowest BCUT2D eigenvalue weighted by molar-refractivity contribution is 0.340. The highest BCUT2D eigenvalue weighted by molar-refractivity contribution is 5.38. The molecule has 0 saturated heterocycles. The molecule has 0 spiro atoms. The normalized spacial score (nSPS) is 10.2. The van der Waals surface area contributed by atoms with E-state index in [9.17, 15) is 4.79 Å². The van der Waals surface area contributed by atoms with Crippen LogP contribution in [0.15, 0.2) is 41.3 Å². The minimum atomic E-state index is -0.0800. The zero-order valence-electron chi connectivity index (χ0n) is 8.43. The summed E-state index contributed by atoms with van der Waals surface area (Å²) in [6.07, 6.45) is 1.61. The molecule has 2 rings (SSSR count). The molecule has 1 aromatic carbocycles. The summed E-state index contributed by atoms with van der Waals surface area (Å²) < 4.78 is 6.82. The second-order valence-corrected chi connectivity index (χ2v) is 3.07. The highest BCUT2D eigenvalue weighted by Crippen LogP contribution is 2.14. The van der Waals surface area contributed by atoms with Crippen molar-refractivity contribution in [2.24, 2.45) is 0 Å². The van der Waals surface area contributed by atoms with E-state index in [-0.39, 0.29) is 5.56 Å². The molecule has 0 unspecified atom stereocenters. The second kappa shape index (κ2) is 4.04. The van der Waals surface area contributed by atoms with Crippen LogP contribution in [-0.2, 0) is 0 Å². The van der Waals surface area contributed by atoms with Crippen molar-refractivity contribution in [2.75, 3.05) is 6.61 Å². The lowest BCUT2D eigenvalue weighted by Gasteiger charge is -2.05. The number of ether oxygens (including phenoxy) is 1. The Kier molecular flexibility index (Phi) is 2.58. The topological polar surface area (TPSA) is 47.0 Å². The van der Waals surface area contributed by atoms with Crippen LogP contribution < -0.4 is 10.3 Å². The molecule has 4 heteroatoms. The van der Waals surface area contributed by atoms with E-state index in [1.54, 1.807) is 6.20 Å². The van der Waals surface area contributed by atoms with Gasteiger partial charge in [-0.3, -0.25) is 9.89 Å². The maximum absolute atomic E-state index is 11.4. The zero-order valence-corrected chi connectivity index (χ0v) is 8.43. The van der Waals surface area contributed by atoms with Gasteiger partial charge < -0.3 is 4.74 Å². The quantitative estimate of drug-likeness (QED) is 0.824. The van der Waals surface area contributed by atoms with E-state index in [2.05, 4.69) is 5.10 Å². The van der Waals surface area contributed by atoms with Crippen molar-refractivity contribution >= 4 is 0 Å². The van der Waals surface area contributed by atoms with Crippen LogP contribution in [0.4, 0.5) is 0 Å². The number of aromatic amines is 1. The molecule has 0 aliphatic rings. The van der Waals surface area contributed by atoms with Crippen molar-refractivity contribution in [1.29, 1.82) is 0 Å². The number of aromatic nitrogens is 2. The Balaban J connectivity index is 2.41. The largest absolute Gasteiger partial charge is 0.494 e. The summed E-state index contributed by atoms with van der Waals surface area (Å²) >= 11 is 0. The molecule has 1 N–H and O–H groups in total. The van der Waals surface area contributed by atoms with Crippen molar-refractivity contribution in [2.45, 2.75) is 6.92 Å². The Morgan fingerprint density at radius 3 is 2.93 bits per heavy atom. The van der Waals surface area contributed by atoms with E-state index in [4.69, 9.17) is 4.74 Å². The maximum Gasteiger partial charge on any atom is 0.271 e. The first kappa shape index (κ1) is 9.58. The third kappa shape index (κ3) is 1.93. The first-order valence-electron chi connectivity index (χ1n) is 4.81. The highest BCUT2D eigenvalue weighted by atomic mass is 16.5. The first-order valence-corrected chi connectivity index (χ1v) is 4.81. The molecular weight excluding hydrogens is 192 g/mol. The number of rotatable bonds is 3. The van der Waals surface area contributed by atoms with Gasteiger partial charge in [0.25, 0.3) is 5.56 Å². The molecule has 2 aromatic rings. The van der Waals surface area contributed by atoms with Gasteiger partial charge >= 0.3 is 0 Å². The zero-order chi connectivity index (χ0) is 10.7. The van der Waals surface area contributed by atoms with Crippen LogP contribution in [0.3, 0.4) is 0 Å². The summed E-state index contributed by atoms with van der Waals surface area (Å²) in [5.74, 6) is 0.761. The van der Waals surface area contributed by atoms with Gasteiger partial charge in [0.15, 0.2) is 0 Å². The predicted molar refractivity (Wildman–Crippen MR) is 57.6 cm³/mol. The van der Waals surface area contributed by atoms with E-state index in [0.717, 1.165) is 11.4 Å². The van der Waals surface area contributed by atoms with Crippen molar-refractivity contribution in [1.82, 2.24) is 9.78 Å². The minimum Gasteiger partial charge on any atom is -0.494 e. The molecular formula is C11H12N2O2. The van der Waals surface area contributed by atoms with Crippen molar-refractivity contribution in [3.05, 3.63) is 46.9 Å². The molecule has 4 nitrogen and oxygen atoms in total. The summed E-state index contributed by atoms with van der Waals surface area (Å²) in [6, 6.07) is 8.86. The molecule has 1 heterocycles. The van der Waals surface area contributed by atoms with E-state index in [1.807, 2.05) is 31.2 Å². The van der Waals surface area contributed by atoms with Crippen LogP contribution in [0.5, 0.6) is 5.75 Å². The van der Waals surface area contributed by atoms with Gasteiger partial charge in [-0.1, -0.05) is 6.07 Å². The number of hydrogen-bond donors (Lipinski definition) is 1. The molecule has 0 aliphatic carbocycles. The van der Waals surface area contributed by atoms with Crippen LogP contribution in [0.25, 0.3) is 5.69 Å². The van der Waals surface area contributed by atoms with E-state index < -0.39 is 0 Å². The summed E-state index contributed by atoms with van der Waals surface area (Å²) in [7, 11) is 0. The highest BCUT2D eigenvalue weighted by Gasteiger charge is 2.00. The fourth-order valence-electron chi connectivity index (χ4n) is 1.40. The fraction of sp³-hybridized carbons (Fsp3) is 0.182. The Bertz CT molecular complexity index is 499. The number of nitrogens with zero attached hydrogens (tertiary/aromatic N) is 1. The minimum absolute atomic E-state index is 0.0800. The molecule has 1 aromatic heterocycles. The van der Waals surface area contributed by atoms with Gasteiger partial charge in [0.2, 0.25) is 0 Å². The van der Waals surface area contributed by atoms with Gasteiger partial charge in [-0.15, -0.1) is 0 Å². The molecule has 15 heavy (non-hydrogen) atoms. The van der Waals surface area contributed by atoms with Gasteiger partial charge in [-0.2, -0.15) is 0 Å². The Morgan fingerprint density at radius 2 is 2.27 bits per heavy atom. The Hall–Kier alpha value is -1.97. The van der Waals surface area contributed by atoms with Gasteiger partial charge in [0.05, 0.1) is 12.3 Å². The molecule has 0 fully saturated rings. The van der Waals surface area contributed by atoms with Crippen molar-refractivity contribution in [3.63, 3.8) is 0 Å². The molecule has 0 radical (unpaired) electrons. The lowest BCUT2D eigenvalue weighted by Crippen LogP contribution is -2.13. The SMILES string of the molecule is CCOc1cccc(-n2[nH]ccc2=O)c1. The third-order valence-corrected chi connectivity index (χ3v) is 2.04. The smallest absolute Gasteiger partial charge is 0.271 e. The monoisotopic (exact) mass is 204 g/mol. The Labute approximate surface area is 87.1 Å². The van der Waals surface area contributed by atoms with Gasteiger partial charge in [-0.05, 0) is 19.1 Å². The predicted octanol–water partition coefficient (Wildman–Crippen LogP) is 1.56. The molecule has 0 bridgehead atoms. The maximum atomic E-state index is 11.4. The van der Waals surface area contributed by atoms with Crippen molar-refractivity contribution in [3.8, 4) is 11.4 Å². The lowest BCUT2D eigenvalue weighted by atomic mass is 10.3. The van der Waals surface area contributed by atoms with Crippen LogP contribution in [-0.4, -0.2) is 16.4 Å². The van der Waals surface area contributed by atoms with Crippen molar-refractivity contribution < 1.29 is 4.74 Å². The summed E-state index contributed by atoms with van der Waals surface area (Å²) in [5.41, 5.74) is 0.694. The van der Waals surface area contributed by atoms with Gasteiger partial charge in [-0.25, -0.2) is 4.68 Å². The third-order valence-electron chi connectivity index (χ3n) is 2.04. The first-order chi connectivity index (χ1) is 7.31. The Morgan fingerprint density at radius 1 is 1.40 bits per heavy atom. The molecule has 0 atom stereocenters. The fourth-order valence-corrected chi connectivity index (χ4v) is 1.40. The average Bonchev–Trinajstić information content (AvgIpc) is 2.65. The van der Waals surface area contributed by atoms with E-state index in [1.165, 1.54) is 10.7 Å². The van der Waals surface area contributed by atoms with E-state index >= 15 is 0 Å². The molecule has 0 saturated carbocycles. The van der Waals surface area contributed by atoms with Gasteiger partial charge in [0, 0.05) is 18.3 Å². The number of benzene rings is 1. The van der Waals surface area contributed by atoms with E-state index in [0.29, 0.717) is 6.61 Å².